The molecule has 1 aliphatic rings. The third-order valence-electron chi connectivity index (χ3n) is 15.3. The van der Waals surface area contributed by atoms with Crippen LogP contribution in [0.15, 0.2) is 24.3 Å². The van der Waals surface area contributed by atoms with Crippen molar-refractivity contribution in [1.82, 2.24) is 5.32 Å². The fraction of sp³-hybridized carbons (Fsp3) is 0.919. The number of unbranched alkanes of at least 4 members (excludes halogenated alkanes) is 40. The molecule has 1 fully saturated rings. The monoisotopic (exact) mass is 1090 g/mol. The Balaban J connectivity index is 2.25. The Labute approximate surface area is 461 Å². The molecule has 0 aliphatic carbocycles. The van der Waals surface area contributed by atoms with Gasteiger partial charge in [-0.25, -0.2) is 4.18 Å². The molecule has 0 spiro atoms. The summed E-state index contributed by atoms with van der Waals surface area (Å²) < 4.78 is 48.0. The van der Waals surface area contributed by atoms with Crippen molar-refractivity contribution in [2.45, 2.75) is 352 Å². The van der Waals surface area contributed by atoms with Crippen LogP contribution in [0.2, 0.25) is 0 Å². The Kier molecular flexibility index (Phi) is 49.6. The van der Waals surface area contributed by atoms with Crippen LogP contribution in [-0.2, 0) is 28.9 Å². The van der Waals surface area contributed by atoms with E-state index in [0.717, 1.165) is 57.8 Å². The summed E-state index contributed by atoms with van der Waals surface area (Å²) in [4.78, 5) is 13.2. The lowest BCUT2D eigenvalue weighted by molar-refractivity contribution is -0.298. The molecule has 0 aromatic carbocycles. The molecule has 0 aromatic heterocycles. The number of aliphatic hydroxyl groups excluding tert-OH is 4. The smallest absolute Gasteiger partial charge is 0.394 e. The second kappa shape index (κ2) is 52.0. The average molecular weight is 1090 g/mol. The average Bonchev–Trinajstić information content (AvgIpc) is 3.39. The first-order valence-electron chi connectivity index (χ1n) is 31.7. The van der Waals surface area contributed by atoms with Gasteiger partial charge in [0.1, 0.15) is 24.4 Å². The number of hydrogen-bond donors (Lipinski definition) is 6. The second-order valence-electron chi connectivity index (χ2n) is 22.4. The number of aliphatic hydroxyl groups is 4. The zero-order chi connectivity index (χ0) is 54.7. The number of ether oxygens (including phenoxy) is 2. The van der Waals surface area contributed by atoms with Crippen molar-refractivity contribution in [2.24, 2.45) is 0 Å². The molecular formula is C62H119NO11S. The molecule has 0 radical (unpaired) electrons. The predicted octanol–water partition coefficient (Wildman–Crippen LogP) is 15.6. The summed E-state index contributed by atoms with van der Waals surface area (Å²) in [5.41, 5.74) is 0. The maximum Gasteiger partial charge on any atom is 0.397 e. The molecule has 0 bridgehead atoms. The molecule has 0 aromatic rings. The van der Waals surface area contributed by atoms with Crippen LogP contribution in [0.25, 0.3) is 0 Å². The molecule has 444 valence electrons. The molecule has 12 nitrogen and oxygen atoms in total. The summed E-state index contributed by atoms with van der Waals surface area (Å²) in [6, 6.07) is -0.857. The number of amides is 1. The van der Waals surface area contributed by atoms with E-state index in [4.69, 9.17) is 9.47 Å². The fourth-order valence-corrected chi connectivity index (χ4v) is 10.9. The van der Waals surface area contributed by atoms with Gasteiger partial charge in [-0.2, -0.15) is 8.42 Å². The van der Waals surface area contributed by atoms with E-state index in [2.05, 4.69) is 47.7 Å². The predicted molar refractivity (Wildman–Crippen MR) is 310 cm³/mol. The third-order valence-corrected chi connectivity index (χ3v) is 15.7. The van der Waals surface area contributed by atoms with Crippen LogP contribution in [0, 0.1) is 0 Å². The van der Waals surface area contributed by atoms with Gasteiger partial charge in [-0.05, 0) is 44.9 Å². The number of rotatable bonds is 56. The summed E-state index contributed by atoms with van der Waals surface area (Å²) >= 11 is 0. The number of nitrogens with one attached hydrogen (secondary N) is 1. The molecular weight excluding hydrogens is 967 g/mol. The molecule has 1 amide bonds. The van der Waals surface area contributed by atoms with E-state index in [-0.39, 0.29) is 12.5 Å². The Morgan fingerprint density at radius 1 is 0.533 bits per heavy atom. The zero-order valence-corrected chi connectivity index (χ0v) is 49.2. The highest BCUT2D eigenvalue weighted by molar-refractivity contribution is 7.80. The molecule has 1 heterocycles. The van der Waals surface area contributed by atoms with E-state index in [0.29, 0.717) is 12.8 Å². The number of carbonyl (C=O) groups is 1. The highest BCUT2D eigenvalue weighted by atomic mass is 32.3. The van der Waals surface area contributed by atoms with E-state index in [1.807, 2.05) is 0 Å². The van der Waals surface area contributed by atoms with Gasteiger partial charge in [0.15, 0.2) is 6.29 Å². The van der Waals surface area contributed by atoms with E-state index in [1.165, 1.54) is 225 Å². The van der Waals surface area contributed by atoms with Crippen molar-refractivity contribution in [1.29, 1.82) is 0 Å². The van der Waals surface area contributed by atoms with E-state index in [1.54, 1.807) is 0 Å². The standard InChI is InChI=1S/C62H119NO11S/c1-3-5-7-9-11-13-15-17-19-21-22-23-24-25-26-27-28-29-30-31-32-33-34-36-38-40-42-44-46-48-50-52-58(66)63-55(54-72-62-60(68)61(74-75(69,70)71)59(67)57(53-64)73-62)56(65)51-49-47-45-43-41-39-37-35-20-18-16-14-12-10-8-6-4-2/h22-23,25-26,55-57,59-62,64-65,67-68H,3-21,24,27-54H2,1-2H3,(H,63,66)(H,69,70,71)/b23-22-,26-25-. The highest BCUT2D eigenvalue weighted by Crippen LogP contribution is 2.26. The van der Waals surface area contributed by atoms with Crippen LogP contribution in [0.1, 0.15) is 309 Å². The third kappa shape index (κ3) is 44.1. The SMILES string of the molecule is CCCCCCCCCCC/C=C\C/C=C\CCCCCCCCCCCCCCCCCC(=O)NC(COC1OC(CO)C(O)C(OS(=O)(=O)O)C1O)C(O)CCCCCCCCCCCCCCCCCCC. The summed E-state index contributed by atoms with van der Waals surface area (Å²) in [6.45, 7) is 3.50. The summed E-state index contributed by atoms with van der Waals surface area (Å²) in [7, 11) is -5.08. The van der Waals surface area contributed by atoms with Gasteiger partial charge in [-0.15, -0.1) is 0 Å². The van der Waals surface area contributed by atoms with E-state index >= 15 is 0 Å². The van der Waals surface area contributed by atoms with Crippen molar-refractivity contribution < 1.29 is 51.8 Å². The van der Waals surface area contributed by atoms with Gasteiger partial charge in [-0.3, -0.25) is 9.35 Å². The topological polar surface area (TPSA) is 192 Å². The lowest BCUT2D eigenvalue weighted by atomic mass is 9.99. The molecule has 1 aliphatic heterocycles. The Morgan fingerprint density at radius 3 is 1.27 bits per heavy atom. The number of allylic oxidation sites excluding steroid dienone is 4. The lowest BCUT2D eigenvalue weighted by Gasteiger charge is -2.41. The molecule has 7 atom stereocenters. The Hall–Kier alpha value is -1.42. The minimum absolute atomic E-state index is 0.225. The highest BCUT2D eigenvalue weighted by Gasteiger charge is 2.48. The van der Waals surface area contributed by atoms with Gasteiger partial charge >= 0.3 is 10.4 Å². The van der Waals surface area contributed by atoms with Gasteiger partial charge in [0.25, 0.3) is 0 Å². The van der Waals surface area contributed by atoms with Crippen molar-refractivity contribution in [3.05, 3.63) is 24.3 Å². The zero-order valence-electron chi connectivity index (χ0n) is 48.4. The normalized spacial score (nSPS) is 19.2. The summed E-state index contributed by atoms with van der Waals surface area (Å²) in [6.07, 6.45) is 56.2. The maximum atomic E-state index is 13.2. The molecule has 13 heteroatoms. The minimum atomic E-state index is -5.08. The first-order chi connectivity index (χ1) is 36.5. The molecule has 1 rings (SSSR count). The first-order valence-corrected chi connectivity index (χ1v) is 33.1. The van der Waals surface area contributed by atoms with E-state index < -0.39 is 59.9 Å². The van der Waals surface area contributed by atoms with Crippen LogP contribution < -0.4 is 5.32 Å². The van der Waals surface area contributed by atoms with Crippen molar-refractivity contribution >= 4 is 16.3 Å². The number of carbonyl (C=O) groups excluding carboxylic acids is 1. The van der Waals surface area contributed by atoms with Crippen LogP contribution in [-0.4, -0.2) is 95.4 Å². The van der Waals surface area contributed by atoms with Crippen molar-refractivity contribution in [3.63, 3.8) is 0 Å². The van der Waals surface area contributed by atoms with E-state index in [9.17, 15) is 38.2 Å². The van der Waals surface area contributed by atoms with Crippen molar-refractivity contribution in [2.75, 3.05) is 13.2 Å². The molecule has 1 saturated heterocycles. The van der Waals surface area contributed by atoms with Crippen LogP contribution in [0.4, 0.5) is 0 Å². The number of hydrogen-bond acceptors (Lipinski definition) is 10. The first kappa shape index (κ1) is 71.6. The van der Waals surface area contributed by atoms with Gasteiger partial charge in [0.05, 0.1) is 25.4 Å². The lowest BCUT2D eigenvalue weighted by Crippen LogP contribution is -2.61. The van der Waals surface area contributed by atoms with Crippen LogP contribution in [0.3, 0.4) is 0 Å². The Morgan fingerprint density at radius 2 is 0.893 bits per heavy atom. The molecule has 6 N–H and O–H groups in total. The largest absolute Gasteiger partial charge is 0.397 e. The quantitative estimate of drug-likeness (QED) is 0.0193. The molecule has 7 unspecified atom stereocenters. The summed E-state index contributed by atoms with van der Waals surface area (Å²) in [5.74, 6) is -0.225. The van der Waals surface area contributed by atoms with Gasteiger partial charge < -0.3 is 35.2 Å². The van der Waals surface area contributed by atoms with Gasteiger partial charge in [0, 0.05) is 6.42 Å². The van der Waals surface area contributed by atoms with Gasteiger partial charge in [-0.1, -0.05) is 282 Å². The summed E-state index contributed by atoms with van der Waals surface area (Å²) in [5, 5.41) is 45.2. The maximum absolute atomic E-state index is 13.2. The van der Waals surface area contributed by atoms with Crippen molar-refractivity contribution in [3.8, 4) is 0 Å². The molecule has 75 heavy (non-hydrogen) atoms. The van der Waals surface area contributed by atoms with Crippen LogP contribution in [0.5, 0.6) is 0 Å². The minimum Gasteiger partial charge on any atom is -0.394 e. The Bertz CT molecular complexity index is 1420. The van der Waals surface area contributed by atoms with Gasteiger partial charge in [0.2, 0.25) is 5.91 Å². The molecule has 0 saturated carbocycles. The second-order valence-corrected chi connectivity index (χ2v) is 23.4. The fourth-order valence-electron chi connectivity index (χ4n) is 10.4. The van der Waals surface area contributed by atoms with Crippen LogP contribution >= 0.6 is 0 Å².